The van der Waals surface area contributed by atoms with Crippen molar-refractivity contribution >= 4 is 0 Å². The van der Waals surface area contributed by atoms with Gasteiger partial charge in [0.25, 0.3) is 0 Å². The topological polar surface area (TPSA) is 36.3 Å². The van der Waals surface area contributed by atoms with Crippen molar-refractivity contribution in [3.8, 4) is 6.07 Å². The van der Waals surface area contributed by atoms with Gasteiger partial charge in [-0.05, 0) is 30.5 Å². The molecule has 0 spiro atoms. The molecule has 2 fully saturated rings. The van der Waals surface area contributed by atoms with Gasteiger partial charge in [-0.15, -0.1) is 0 Å². The van der Waals surface area contributed by atoms with E-state index in [1.165, 1.54) is 31.2 Å². The zero-order chi connectivity index (χ0) is 13.1. The van der Waals surface area contributed by atoms with Crippen molar-refractivity contribution in [3.63, 3.8) is 0 Å². The van der Waals surface area contributed by atoms with Gasteiger partial charge in [0, 0.05) is 19.1 Å². The van der Waals surface area contributed by atoms with Gasteiger partial charge >= 0.3 is 0 Å². The Morgan fingerprint density at radius 1 is 1.21 bits per heavy atom. The fraction of sp³-hybridized carbons (Fsp3) is 0.562. The molecule has 3 rings (SSSR count). The fourth-order valence-corrected chi connectivity index (χ4v) is 3.29. The van der Waals surface area contributed by atoms with Crippen LogP contribution < -0.4 is 0 Å². The van der Waals surface area contributed by atoms with Crippen molar-refractivity contribution < 1.29 is 4.74 Å². The number of morpholine rings is 1. The van der Waals surface area contributed by atoms with E-state index in [4.69, 9.17) is 10.00 Å². The van der Waals surface area contributed by atoms with Crippen molar-refractivity contribution in [1.82, 2.24) is 4.90 Å². The third-order valence-electron chi connectivity index (χ3n) is 4.32. The molecule has 1 saturated carbocycles. The minimum atomic E-state index is 0.445. The SMILES string of the molecule is N#Cc1ccc(CN2CCO[C@H]3CCCC[C@H]32)cc1. The summed E-state index contributed by atoms with van der Waals surface area (Å²) in [6, 6.07) is 10.7. The van der Waals surface area contributed by atoms with E-state index in [9.17, 15) is 0 Å². The first-order chi connectivity index (χ1) is 9.36. The van der Waals surface area contributed by atoms with Gasteiger partial charge in [-0.25, -0.2) is 0 Å². The van der Waals surface area contributed by atoms with Crippen LogP contribution in [0.4, 0.5) is 0 Å². The zero-order valence-electron chi connectivity index (χ0n) is 11.2. The van der Waals surface area contributed by atoms with E-state index in [2.05, 4.69) is 23.1 Å². The zero-order valence-corrected chi connectivity index (χ0v) is 11.2. The molecule has 100 valence electrons. The predicted molar refractivity (Wildman–Crippen MR) is 73.6 cm³/mol. The standard InChI is InChI=1S/C16H20N2O/c17-11-13-5-7-14(8-6-13)12-18-9-10-19-16-4-2-1-3-15(16)18/h5-8,15-16H,1-4,9-10,12H2/t15-,16+/m1/s1. The maximum atomic E-state index is 8.83. The lowest BCUT2D eigenvalue weighted by molar-refractivity contribution is -0.0911. The first-order valence-corrected chi connectivity index (χ1v) is 7.21. The first kappa shape index (κ1) is 12.7. The third kappa shape index (κ3) is 2.80. The number of hydrogen-bond donors (Lipinski definition) is 0. The summed E-state index contributed by atoms with van der Waals surface area (Å²) < 4.78 is 5.90. The van der Waals surface area contributed by atoms with Crippen LogP contribution in [0.15, 0.2) is 24.3 Å². The molecule has 1 aromatic rings. The highest BCUT2D eigenvalue weighted by Gasteiger charge is 2.33. The van der Waals surface area contributed by atoms with Gasteiger partial charge in [-0.2, -0.15) is 5.26 Å². The van der Waals surface area contributed by atoms with E-state index in [1.807, 2.05) is 12.1 Å². The Balaban J connectivity index is 1.68. The van der Waals surface area contributed by atoms with E-state index >= 15 is 0 Å². The lowest BCUT2D eigenvalue weighted by Gasteiger charge is -2.43. The van der Waals surface area contributed by atoms with Gasteiger partial charge in [0.15, 0.2) is 0 Å². The van der Waals surface area contributed by atoms with Gasteiger partial charge in [0.1, 0.15) is 0 Å². The van der Waals surface area contributed by atoms with Gasteiger partial charge in [-0.1, -0.05) is 25.0 Å². The summed E-state index contributed by atoms with van der Waals surface area (Å²) in [7, 11) is 0. The molecule has 19 heavy (non-hydrogen) atoms. The molecule has 0 amide bonds. The van der Waals surface area contributed by atoms with Gasteiger partial charge in [0.2, 0.25) is 0 Å². The van der Waals surface area contributed by atoms with Crippen LogP contribution in [0, 0.1) is 11.3 Å². The number of ether oxygens (including phenoxy) is 1. The Bertz CT molecular complexity index is 461. The van der Waals surface area contributed by atoms with E-state index in [1.54, 1.807) is 0 Å². The number of fused-ring (bicyclic) bond motifs is 1. The molecule has 0 unspecified atom stereocenters. The lowest BCUT2D eigenvalue weighted by Crippen LogP contribution is -2.52. The van der Waals surface area contributed by atoms with E-state index in [0.29, 0.717) is 12.1 Å². The second-order valence-corrected chi connectivity index (χ2v) is 5.54. The van der Waals surface area contributed by atoms with Crippen molar-refractivity contribution in [1.29, 1.82) is 5.26 Å². The number of benzene rings is 1. The Labute approximate surface area is 114 Å². The molecule has 1 aliphatic carbocycles. The number of hydrogen-bond acceptors (Lipinski definition) is 3. The quantitative estimate of drug-likeness (QED) is 0.816. The van der Waals surface area contributed by atoms with Crippen LogP contribution in [0.25, 0.3) is 0 Å². The molecule has 2 aliphatic rings. The van der Waals surface area contributed by atoms with Crippen molar-refractivity contribution in [3.05, 3.63) is 35.4 Å². The molecule has 1 aliphatic heterocycles. The highest BCUT2D eigenvalue weighted by molar-refractivity contribution is 5.31. The highest BCUT2D eigenvalue weighted by atomic mass is 16.5. The van der Waals surface area contributed by atoms with E-state index < -0.39 is 0 Å². The molecule has 3 heteroatoms. The van der Waals surface area contributed by atoms with Crippen LogP contribution in [0.1, 0.15) is 36.8 Å². The molecule has 2 atom stereocenters. The molecule has 3 nitrogen and oxygen atoms in total. The molecular formula is C16H20N2O. The molecular weight excluding hydrogens is 236 g/mol. The molecule has 1 aromatic carbocycles. The second kappa shape index (κ2) is 5.73. The van der Waals surface area contributed by atoms with Gasteiger partial charge < -0.3 is 4.74 Å². The maximum absolute atomic E-state index is 8.83. The minimum Gasteiger partial charge on any atom is -0.375 e. The van der Waals surface area contributed by atoms with Gasteiger partial charge in [0.05, 0.1) is 24.3 Å². The normalized spacial score (nSPS) is 27.5. The predicted octanol–water partition coefficient (Wildman–Crippen LogP) is 2.70. The minimum absolute atomic E-state index is 0.445. The number of rotatable bonds is 2. The molecule has 0 radical (unpaired) electrons. The Morgan fingerprint density at radius 3 is 2.79 bits per heavy atom. The molecule has 0 N–H and O–H groups in total. The van der Waals surface area contributed by atoms with Crippen LogP contribution in [0.5, 0.6) is 0 Å². The average Bonchev–Trinajstić information content (AvgIpc) is 2.48. The highest BCUT2D eigenvalue weighted by Crippen LogP contribution is 2.29. The molecule has 1 heterocycles. The molecule has 1 saturated heterocycles. The Kier molecular flexibility index (Phi) is 3.82. The van der Waals surface area contributed by atoms with Crippen molar-refractivity contribution in [2.75, 3.05) is 13.2 Å². The van der Waals surface area contributed by atoms with Crippen molar-refractivity contribution in [2.45, 2.75) is 44.4 Å². The second-order valence-electron chi connectivity index (χ2n) is 5.54. The van der Waals surface area contributed by atoms with Crippen LogP contribution in [-0.2, 0) is 11.3 Å². The lowest BCUT2D eigenvalue weighted by atomic mass is 9.90. The summed E-state index contributed by atoms with van der Waals surface area (Å²) in [5.74, 6) is 0. The van der Waals surface area contributed by atoms with Crippen molar-refractivity contribution in [2.24, 2.45) is 0 Å². The summed E-state index contributed by atoms with van der Waals surface area (Å²) in [6.45, 7) is 2.87. The fourth-order valence-electron chi connectivity index (χ4n) is 3.29. The van der Waals surface area contributed by atoms with Crippen LogP contribution in [-0.4, -0.2) is 30.2 Å². The maximum Gasteiger partial charge on any atom is 0.0991 e. The van der Waals surface area contributed by atoms with Crippen LogP contribution >= 0.6 is 0 Å². The average molecular weight is 256 g/mol. The monoisotopic (exact) mass is 256 g/mol. The summed E-state index contributed by atoms with van der Waals surface area (Å²) in [5.41, 5.74) is 2.03. The first-order valence-electron chi connectivity index (χ1n) is 7.21. The number of nitrogens with zero attached hydrogens (tertiary/aromatic N) is 2. The Morgan fingerprint density at radius 2 is 2.00 bits per heavy atom. The third-order valence-corrected chi connectivity index (χ3v) is 4.32. The largest absolute Gasteiger partial charge is 0.375 e. The molecule has 0 bridgehead atoms. The van der Waals surface area contributed by atoms with Gasteiger partial charge in [-0.3, -0.25) is 4.90 Å². The smallest absolute Gasteiger partial charge is 0.0991 e. The summed E-state index contributed by atoms with van der Waals surface area (Å²) >= 11 is 0. The summed E-state index contributed by atoms with van der Waals surface area (Å²) in [4.78, 5) is 2.56. The summed E-state index contributed by atoms with van der Waals surface area (Å²) in [6.07, 6.45) is 5.57. The number of nitriles is 1. The Hall–Kier alpha value is -1.37. The molecule has 0 aromatic heterocycles. The van der Waals surface area contributed by atoms with Crippen LogP contribution in [0.3, 0.4) is 0 Å². The van der Waals surface area contributed by atoms with Crippen LogP contribution in [0.2, 0.25) is 0 Å². The van der Waals surface area contributed by atoms with E-state index in [-0.39, 0.29) is 0 Å². The van der Waals surface area contributed by atoms with E-state index in [0.717, 1.165) is 25.3 Å². The summed E-state index contributed by atoms with van der Waals surface area (Å²) in [5, 5.41) is 8.83.